The van der Waals surface area contributed by atoms with E-state index in [1.165, 1.54) is 23.7 Å². The molecule has 0 aliphatic rings. The van der Waals surface area contributed by atoms with Gasteiger partial charge in [-0.15, -0.1) is 5.10 Å². The minimum atomic E-state index is -0.583. The Labute approximate surface area is 102 Å². The molecule has 1 atom stereocenters. The average Bonchev–Trinajstić information content (AvgIpc) is 2.77. The largest absolute Gasteiger partial charge is 0.306 e. The van der Waals surface area contributed by atoms with Gasteiger partial charge in [-0.25, -0.2) is 8.78 Å². The summed E-state index contributed by atoms with van der Waals surface area (Å²) in [4.78, 5) is 0.830. The van der Waals surface area contributed by atoms with Gasteiger partial charge in [-0.2, -0.15) is 0 Å². The van der Waals surface area contributed by atoms with Crippen LogP contribution in [0.5, 0.6) is 0 Å². The van der Waals surface area contributed by atoms with Gasteiger partial charge in [-0.3, -0.25) is 0 Å². The van der Waals surface area contributed by atoms with Gasteiger partial charge in [-0.05, 0) is 35.8 Å². The highest BCUT2D eigenvalue weighted by atomic mass is 32.1. The number of halogens is 2. The van der Waals surface area contributed by atoms with Gasteiger partial charge in [0.1, 0.15) is 11.6 Å². The van der Waals surface area contributed by atoms with Crippen LogP contribution in [0.2, 0.25) is 0 Å². The van der Waals surface area contributed by atoms with Gasteiger partial charge in [0.2, 0.25) is 0 Å². The molecule has 0 saturated carbocycles. The van der Waals surface area contributed by atoms with Crippen LogP contribution >= 0.6 is 11.5 Å². The maximum absolute atomic E-state index is 13.2. The molecule has 1 heterocycles. The lowest BCUT2D eigenvalue weighted by Crippen LogP contribution is -2.21. The third-order valence-electron chi connectivity index (χ3n) is 2.29. The molecule has 0 amide bonds. The quantitative estimate of drug-likeness (QED) is 0.912. The van der Waals surface area contributed by atoms with E-state index in [0.29, 0.717) is 12.1 Å². The van der Waals surface area contributed by atoms with Crippen LogP contribution in [0.1, 0.15) is 23.4 Å². The number of aromatic nitrogens is 2. The standard InChI is InChI=1S/C11H11F2N3S/c1-2-14-11(10-6-15-16-17-10)7-3-8(12)5-9(13)4-7/h3-6,11,14H,2H2,1H3. The van der Waals surface area contributed by atoms with Gasteiger partial charge in [0.05, 0.1) is 17.1 Å². The van der Waals surface area contributed by atoms with Crippen LogP contribution in [0.4, 0.5) is 8.78 Å². The van der Waals surface area contributed by atoms with Gasteiger partial charge >= 0.3 is 0 Å². The van der Waals surface area contributed by atoms with Crippen molar-refractivity contribution in [2.24, 2.45) is 0 Å². The van der Waals surface area contributed by atoms with Crippen LogP contribution in [0.15, 0.2) is 24.4 Å². The molecule has 1 aromatic carbocycles. The van der Waals surface area contributed by atoms with Gasteiger partial charge < -0.3 is 5.32 Å². The summed E-state index contributed by atoms with van der Waals surface area (Å²) in [5, 5.41) is 6.89. The van der Waals surface area contributed by atoms with E-state index in [0.717, 1.165) is 10.9 Å². The zero-order valence-electron chi connectivity index (χ0n) is 9.15. The molecule has 0 fully saturated rings. The van der Waals surface area contributed by atoms with Crippen LogP contribution in [-0.2, 0) is 0 Å². The first kappa shape index (κ1) is 12.1. The zero-order valence-corrected chi connectivity index (χ0v) is 9.97. The Bertz CT molecular complexity index is 467. The van der Waals surface area contributed by atoms with Crippen molar-refractivity contribution in [2.45, 2.75) is 13.0 Å². The summed E-state index contributed by atoms with van der Waals surface area (Å²) in [6, 6.07) is 3.22. The van der Waals surface area contributed by atoms with Gasteiger partial charge in [0, 0.05) is 6.07 Å². The van der Waals surface area contributed by atoms with E-state index in [1.807, 2.05) is 6.92 Å². The van der Waals surface area contributed by atoms with Crippen LogP contribution in [0.3, 0.4) is 0 Å². The molecule has 0 radical (unpaired) electrons. The van der Waals surface area contributed by atoms with E-state index < -0.39 is 11.6 Å². The van der Waals surface area contributed by atoms with Gasteiger partial charge in [-0.1, -0.05) is 11.4 Å². The van der Waals surface area contributed by atoms with Crippen molar-refractivity contribution in [1.29, 1.82) is 0 Å². The normalized spacial score (nSPS) is 12.6. The van der Waals surface area contributed by atoms with Crippen molar-refractivity contribution in [2.75, 3.05) is 6.54 Å². The summed E-state index contributed by atoms with van der Waals surface area (Å²) in [5.74, 6) is -1.17. The van der Waals surface area contributed by atoms with Crippen molar-refractivity contribution in [1.82, 2.24) is 14.9 Å². The van der Waals surface area contributed by atoms with E-state index >= 15 is 0 Å². The summed E-state index contributed by atoms with van der Waals surface area (Å²) >= 11 is 1.21. The maximum Gasteiger partial charge on any atom is 0.126 e. The smallest absolute Gasteiger partial charge is 0.126 e. The second-order valence-corrected chi connectivity index (χ2v) is 4.33. The Morgan fingerprint density at radius 2 is 2.00 bits per heavy atom. The Balaban J connectivity index is 2.38. The number of nitrogens with zero attached hydrogens (tertiary/aromatic N) is 2. The molecular formula is C11H11F2N3S. The molecule has 2 rings (SSSR count). The van der Waals surface area contributed by atoms with E-state index in [9.17, 15) is 8.78 Å². The van der Waals surface area contributed by atoms with E-state index in [4.69, 9.17) is 0 Å². The SMILES string of the molecule is CCNC(c1cc(F)cc(F)c1)c1cnns1. The van der Waals surface area contributed by atoms with Crippen molar-refractivity contribution in [3.05, 3.63) is 46.5 Å². The fourth-order valence-electron chi connectivity index (χ4n) is 1.63. The molecule has 0 spiro atoms. The van der Waals surface area contributed by atoms with E-state index in [2.05, 4.69) is 14.9 Å². The average molecular weight is 255 g/mol. The number of rotatable bonds is 4. The molecule has 0 saturated heterocycles. The molecule has 0 aliphatic heterocycles. The fourth-order valence-corrected chi connectivity index (χ4v) is 2.24. The van der Waals surface area contributed by atoms with Crippen molar-refractivity contribution in [3.8, 4) is 0 Å². The lowest BCUT2D eigenvalue weighted by atomic mass is 10.1. The second kappa shape index (κ2) is 5.29. The highest BCUT2D eigenvalue weighted by Crippen LogP contribution is 2.25. The zero-order chi connectivity index (χ0) is 12.3. The molecule has 1 unspecified atom stereocenters. The van der Waals surface area contributed by atoms with Crippen molar-refractivity contribution < 1.29 is 8.78 Å². The minimum Gasteiger partial charge on any atom is -0.306 e. The van der Waals surface area contributed by atoms with E-state index in [1.54, 1.807) is 6.20 Å². The van der Waals surface area contributed by atoms with Crippen LogP contribution in [-0.4, -0.2) is 16.1 Å². The van der Waals surface area contributed by atoms with E-state index in [-0.39, 0.29) is 6.04 Å². The second-order valence-electron chi connectivity index (χ2n) is 3.51. The lowest BCUT2D eigenvalue weighted by Gasteiger charge is -2.16. The Morgan fingerprint density at radius 3 is 2.53 bits per heavy atom. The number of nitrogens with one attached hydrogen (secondary N) is 1. The Morgan fingerprint density at radius 1 is 1.29 bits per heavy atom. The number of hydrogen-bond acceptors (Lipinski definition) is 4. The Kier molecular flexibility index (Phi) is 3.75. The van der Waals surface area contributed by atoms with Crippen LogP contribution in [0, 0.1) is 11.6 Å². The first-order valence-corrected chi connectivity index (χ1v) is 5.94. The topological polar surface area (TPSA) is 37.8 Å². The van der Waals surface area contributed by atoms with Gasteiger partial charge in [0.25, 0.3) is 0 Å². The maximum atomic E-state index is 13.2. The first-order valence-electron chi connectivity index (χ1n) is 5.17. The summed E-state index contributed by atoms with van der Waals surface area (Å²) in [7, 11) is 0. The molecule has 1 N–H and O–H groups in total. The summed E-state index contributed by atoms with van der Waals surface area (Å²) < 4.78 is 30.1. The fraction of sp³-hybridized carbons (Fsp3) is 0.273. The molecule has 3 nitrogen and oxygen atoms in total. The molecule has 90 valence electrons. The number of benzene rings is 1. The molecule has 1 aromatic heterocycles. The third-order valence-corrected chi connectivity index (χ3v) is 3.02. The molecule has 0 bridgehead atoms. The summed E-state index contributed by atoms with van der Waals surface area (Å²) in [6.07, 6.45) is 1.60. The minimum absolute atomic E-state index is 0.273. The highest BCUT2D eigenvalue weighted by Gasteiger charge is 2.16. The third kappa shape index (κ3) is 2.83. The highest BCUT2D eigenvalue weighted by molar-refractivity contribution is 7.05. The van der Waals surface area contributed by atoms with Crippen molar-refractivity contribution in [3.63, 3.8) is 0 Å². The van der Waals surface area contributed by atoms with Crippen LogP contribution < -0.4 is 5.32 Å². The monoisotopic (exact) mass is 255 g/mol. The molecular weight excluding hydrogens is 244 g/mol. The molecule has 2 aromatic rings. The van der Waals surface area contributed by atoms with Gasteiger partial charge in [0.15, 0.2) is 0 Å². The number of hydrogen-bond donors (Lipinski definition) is 1. The molecule has 17 heavy (non-hydrogen) atoms. The molecule has 6 heteroatoms. The summed E-state index contributed by atoms with van der Waals surface area (Å²) in [6.45, 7) is 2.61. The summed E-state index contributed by atoms with van der Waals surface area (Å²) in [5.41, 5.74) is 0.537. The lowest BCUT2D eigenvalue weighted by molar-refractivity contribution is 0.567. The predicted molar refractivity (Wildman–Crippen MR) is 61.8 cm³/mol. The molecule has 0 aliphatic carbocycles. The van der Waals surface area contributed by atoms with Crippen molar-refractivity contribution >= 4 is 11.5 Å². The van der Waals surface area contributed by atoms with Crippen LogP contribution in [0.25, 0.3) is 0 Å². The predicted octanol–water partition coefficient (Wildman–Crippen LogP) is 2.52. The Hall–Kier alpha value is -1.40. The first-order chi connectivity index (χ1) is 8.20.